The highest BCUT2D eigenvalue weighted by molar-refractivity contribution is 5.37. The fourth-order valence-corrected chi connectivity index (χ4v) is 2.39. The van der Waals surface area contributed by atoms with Crippen molar-refractivity contribution in [3.8, 4) is 0 Å². The molecule has 1 aromatic carbocycles. The summed E-state index contributed by atoms with van der Waals surface area (Å²) in [6.45, 7) is 4.46. The molecule has 1 aliphatic carbocycles. The van der Waals surface area contributed by atoms with Gasteiger partial charge in [0.25, 0.3) is 0 Å². The van der Waals surface area contributed by atoms with Crippen molar-refractivity contribution in [2.45, 2.75) is 38.4 Å². The summed E-state index contributed by atoms with van der Waals surface area (Å²) in [5.74, 6) is 0. The molecule has 2 nitrogen and oxygen atoms in total. The van der Waals surface area contributed by atoms with E-state index in [1.54, 1.807) is 0 Å². The molecule has 0 amide bonds. The fraction of sp³-hybridized carbons (Fsp3) is 0.538. The zero-order valence-corrected chi connectivity index (χ0v) is 9.77. The molecule has 0 spiro atoms. The SMILES string of the molecule is CC(C)N(C)C1CC(N)c2ccccc21. The average molecular weight is 204 g/mol. The van der Waals surface area contributed by atoms with Crippen molar-refractivity contribution in [2.75, 3.05) is 7.05 Å². The minimum atomic E-state index is 0.215. The lowest BCUT2D eigenvalue weighted by molar-refractivity contribution is 0.191. The molecule has 82 valence electrons. The lowest BCUT2D eigenvalue weighted by atomic mass is 10.1. The molecule has 2 heteroatoms. The van der Waals surface area contributed by atoms with Gasteiger partial charge in [-0.25, -0.2) is 0 Å². The largest absolute Gasteiger partial charge is 0.324 e. The number of benzene rings is 1. The third kappa shape index (κ3) is 1.80. The maximum atomic E-state index is 6.15. The molecule has 2 unspecified atom stereocenters. The Labute approximate surface area is 92.1 Å². The first-order chi connectivity index (χ1) is 7.11. The van der Waals surface area contributed by atoms with Crippen LogP contribution in [0.1, 0.15) is 43.5 Å². The van der Waals surface area contributed by atoms with E-state index >= 15 is 0 Å². The van der Waals surface area contributed by atoms with Crippen LogP contribution in [0.3, 0.4) is 0 Å². The highest BCUT2D eigenvalue weighted by Crippen LogP contribution is 2.40. The molecule has 2 rings (SSSR count). The molecule has 0 heterocycles. The summed E-state index contributed by atoms with van der Waals surface area (Å²) >= 11 is 0. The number of nitrogens with zero attached hydrogens (tertiary/aromatic N) is 1. The molecule has 0 radical (unpaired) electrons. The van der Waals surface area contributed by atoms with E-state index in [0.29, 0.717) is 12.1 Å². The quantitative estimate of drug-likeness (QED) is 0.802. The Hall–Kier alpha value is -0.860. The molecule has 2 atom stereocenters. The Kier molecular flexibility index (Phi) is 2.81. The maximum Gasteiger partial charge on any atom is 0.0369 e. The molecule has 0 bridgehead atoms. The van der Waals surface area contributed by atoms with E-state index in [2.05, 4.69) is 50.1 Å². The van der Waals surface area contributed by atoms with E-state index in [1.165, 1.54) is 11.1 Å². The van der Waals surface area contributed by atoms with Crippen molar-refractivity contribution in [1.29, 1.82) is 0 Å². The Morgan fingerprint density at radius 2 is 1.87 bits per heavy atom. The van der Waals surface area contributed by atoms with Crippen molar-refractivity contribution in [3.05, 3.63) is 35.4 Å². The summed E-state index contributed by atoms with van der Waals surface area (Å²) in [7, 11) is 2.18. The van der Waals surface area contributed by atoms with Crippen molar-refractivity contribution in [3.63, 3.8) is 0 Å². The van der Waals surface area contributed by atoms with Crippen LogP contribution < -0.4 is 5.73 Å². The van der Waals surface area contributed by atoms with Crippen LogP contribution in [-0.4, -0.2) is 18.0 Å². The second-order valence-corrected chi connectivity index (χ2v) is 4.75. The van der Waals surface area contributed by atoms with Crippen LogP contribution in [0.5, 0.6) is 0 Å². The highest BCUT2D eigenvalue weighted by Gasteiger charge is 2.31. The summed E-state index contributed by atoms with van der Waals surface area (Å²) in [5, 5.41) is 0. The molecule has 0 saturated carbocycles. The van der Waals surface area contributed by atoms with Gasteiger partial charge in [-0.05, 0) is 38.4 Å². The summed E-state index contributed by atoms with van der Waals surface area (Å²) in [5.41, 5.74) is 8.89. The van der Waals surface area contributed by atoms with E-state index in [-0.39, 0.29) is 6.04 Å². The predicted molar refractivity (Wildman–Crippen MR) is 63.6 cm³/mol. The molecule has 2 N–H and O–H groups in total. The van der Waals surface area contributed by atoms with Crippen molar-refractivity contribution < 1.29 is 0 Å². The molecule has 0 fully saturated rings. The van der Waals surface area contributed by atoms with E-state index in [9.17, 15) is 0 Å². The van der Waals surface area contributed by atoms with Crippen LogP contribution >= 0.6 is 0 Å². The number of hydrogen-bond acceptors (Lipinski definition) is 2. The van der Waals surface area contributed by atoms with Crippen LogP contribution in [-0.2, 0) is 0 Å². The van der Waals surface area contributed by atoms with Gasteiger partial charge in [-0.1, -0.05) is 24.3 Å². The molecule has 0 aromatic heterocycles. The molecule has 1 aliphatic rings. The lowest BCUT2D eigenvalue weighted by Gasteiger charge is -2.29. The second-order valence-electron chi connectivity index (χ2n) is 4.75. The van der Waals surface area contributed by atoms with Gasteiger partial charge in [0.15, 0.2) is 0 Å². The van der Waals surface area contributed by atoms with Gasteiger partial charge in [-0.3, -0.25) is 4.90 Å². The van der Waals surface area contributed by atoms with E-state index in [4.69, 9.17) is 5.73 Å². The first-order valence-corrected chi connectivity index (χ1v) is 5.67. The smallest absolute Gasteiger partial charge is 0.0369 e. The highest BCUT2D eigenvalue weighted by atomic mass is 15.2. The predicted octanol–water partition coefficient (Wildman–Crippen LogP) is 2.47. The molecule has 15 heavy (non-hydrogen) atoms. The van der Waals surface area contributed by atoms with E-state index < -0.39 is 0 Å². The molecular weight excluding hydrogens is 184 g/mol. The number of hydrogen-bond donors (Lipinski definition) is 1. The Bertz CT molecular complexity index is 346. The Balaban J connectivity index is 2.32. The van der Waals surface area contributed by atoms with Gasteiger partial charge in [0.05, 0.1) is 0 Å². The Morgan fingerprint density at radius 3 is 2.47 bits per heavy atom. The van der Waals surface area contributed by atoms with Crippen LogP contribution in [0, 0.1) is 0 Å². The molecular formula is C13H20N2. The zero-order chi connectivity index (χ0) is 11.0. The topological polar surface area (TPSA) is 29.3 Å². The number of nitrogens with two attached hydrogens (primary N) is 1. The van der Waals surface area contributed by atoms with Gasteiger partial charge in [0.1, 0.15) is 0 Å². The standard InChI is InChI=1S/C13H20N2/c1-9(2)15(3)13-8-12(14)10-6-4-5-7-11(10)13/h4-7,9,12-13H,8,14H2,1-3H3. The first kappa shape index (κ1) is 10.7. The summed E-state index contributed by atoms with van der Waals surface area (Å²) < 4.78 is 0. The Morgan fingerprint density at radius 1 is 1.27 bits per heavy atom. The van der Waals surface area contributed by atoms with Crippen molar-refractivity contribution in [1.82, 2.24) is 4.90 Å². The summed E-state index contributed by atoms with van der Waals surface area (Å²) in [6, 6.07) is 9.84. The minimum Gasteiger partial charge on any atom is -0.324 e. The van der Waals surface area contributed by atoms with Gasteiger partial charge in [-0.15, -0.1) is 0 Å². The normalized spacial score (nSPS) is 24.9. The van der Waals surface area contributed by atoms with Crippen molar-refractivity contribution in [2.24, 2.45) is 5.73 Å². The summed E-state index contributed by atoms with van der Waals surface area (Å²) in [6.07, 6.45) is 1.05. The first-order valence-electron chi connectivity index (χ1n) is 5.67. The maximum absolute atomic E-state index is 6.15. The van der Waals surface area contributed by atoms with Gasteiger partial charge in [0.2, 0.25) is 0 Å². The van der Waals surface area contributed by atoms with Gasteiger partial charge in [0, 0.05) is 18.1 Å². The fourth-order valence-electron chi connectivity index (χ4n) is 2.39. The third-order valence-corrected chi connectivity index (χ3v) is 3.54. The van der Waals surface area contributed by atoms with E-state index in [0.717, 1.165) is 6.42 Å². The average Bonchev–Trinajstić information content (AvgIpc) is 2.56. The second kappa shape index (κ2) is 3.95. The number of fused-ring (bicyclic) bond motifs is 1. The van der Waals surface area contributed by atoms with Crippen LogP contribution in [0.25, 0.3) is 0 Å². The van der Waals surface area contributed by atoms with Crippen molar-refractivity contribution >= 4 is 0 Å². The van der Waals surface area contributed by atoms with Gasteiger partial charge >= 0.3 is 0 Å². The lowest BCUT2D eigenvalue weighted by Crippen LogP contribution is -2.30. The number of rotatable bonds is 2. The van der Waals surface area contributed by atoms with Crippen LogP contribution in [0.2, 0.25) is 0 Å². The zero-order valence-electron chi connectivity index (χ0n) is 9.77. The molecule has 0 saturated heterocycles. The third-order valence-electron chi connectivity index (χ3n) is 3.54. The molecule has 0 aliphatic heterocycles. The minimum absolute atomic E-state index is 0.215. The monoisotopic (exact) mass is 204 g/mol. The van der Waals surface area contributed by atoms with Gasteiger partial charge in [-0.2, -0.15) is 0 Å². The van der Waals surface area contributed by atoms with Crippen LogP contribution in [0.4, 0.5) is 0 Å². The molecule has 1 aromatic rings. The summed E-state index contributed by atoms with van der Waals surface area (Å²) in [4.78, 5) is 2.41. The van der Waals surface area contributed by atoms with Gasteiger partial charge < -0.3 is 5.73 Å². The van der Waals surface area contributed by atoms with Crippen LogP contribution in [0.15, 0.2) is 24.3 Å². The van der Waals surface area contributed by atoms with E-state index in [1.807, 2.05) is 0 Å².